The highest BCUT2D eigenvalue weighted by atomic mass is 16.3. The summed E-state index contributed by atoms with van der Waals surface area (Å²) in [7, 11) is 0. The van der Waals surface area contributed by atoms with E-state index in [0.717, 1.165) is 12.1 Å². The zero-order valence-electron chi connectivity index (χ0n) is 6.21. The molecule has 0 spiro atoms. The second-order valence-electron chi connectivity index (χ2n) is 3.66. The van der Waals surface area contributed by atoms with Gasteiger partial charge in [-0.25, -0.2) is 0 Å². The Morgan fingerprint density at radius 1 is 1.20 bits per heavy atom. The van der Waals surface area contributed by atoms with Crippen LogP contribution in [0.1, 0.15) is 25.7 Å². The monoisotopic (exact) mass is 141 g/mol. The van der Waals surface area contributed by atoms with Crippen molar-refractivity contribution in [2.45, 2.75) is 37.8 Å². The molecule has 0 saturated carbocycles. The highest BCUT2D eigenvalue weighted by Crippen LogP contribution is 2.30. The first-order valence-electron chi connectivity index (χ1n) is 4.25. The van der Waals surface area contributed by atoms with Crippen molar-refractivity contribution in [3.05, 3.63) is 0 Å². The number of piperidine rings is 1. The van der Waals surface area contributed by atoms with E-state index in [9.17, 15) is 0 Å². The van der Waals surface area contributed by atoms with E-state index in [1.165, 1.54) is 25.7 Å². The van der Waals surface area contributed by atoms with Crippen LogP contribution in [-0.4, -0.2) is 23.8 Å². The standard InChI is InChI=1S/C8H15NO/c10-5-6-3-7-1-2-8(4-6)9-7/h6-10H,1-5H2. The maximum atomic E-state index is 8.93. The van der Waals surface area contributed by atoms with E-state index in [-0.39, 0.29) is 0 Å². The number of aliphatic hydroxyl groups is 1. The van der Waals surface area contributed by atoms with Crippen molar-refractivity contribution >= 4 is 0 Å². The molecule has 2 fully saturated rings. The summed E-state index contributed by atoms with van der Waals surface area (Å²) in [6.45, 7) is 0.398. The molecule has 2 saturated heterocycles. The number of aliphatic hydroxyl groups excluding tert-OH is 1. The molecule has 2 nitrogen and oxygen atoms in total. The lowest BCUT2D eigenvalue weighted by Gasteiger charge is -2.27. The van der Waals surface area contributed by atoms with Gasteiger partial charge in [-0.2, -0.15) is 0 Å². The lowest BCUT2D eigenvalue weighted by Crippen LogP contribution is -2.38. The molecule has 0 radical (unpaired) electrons. The van der Waals surface area contributed by atoms with Crippen LogP contribution in [0.15, 0.2) is 0 Å². The Labute approximate surface area is 61.6 Å². The van der Waals surface area contributed by atoms with Crippen molar-refractivity contribution in [3.8, 4) is 0 Å². The first kappa shape index (κ1) is 6.62. The minimum atomic E-state index is 0.398. The average Bonchev–Trinajstić information content (AvgIpc) is 2.30. The van der Waals surface area contributed by atoms with Crippen molar-refractivity contribution in [2.75, 3.05) is 6.61 Å². The highest BCUT2D eigenvalue weighted by molar-refractivity contribution is 4.91. The Morgan fingerprint density at radius 2 is 1.80 bits per heavy atom. The molecule has 2 atom stereocenters. The Morgan fingerprint density at radius 3 is 2.30 bits per heavy atom. The van der Waals surface area contributed by atoms with Gasteiger partial charge in [-0.3, -0.25) is 0 Å². The zero-order valence-corrected chi connectivity index (χ0v) is 6.21. The number of nitrogens with one attached hydrogen (secondary N) is 1. The first-order valence-corrected chi connectivity index (χ1v) is 4.25. The molecule has 58 valence electrons. The van der Waals surface area contributed by atoms with E-state index in [0.29, 0.717) is 12.5 Å². The van der Waals surface area contributed by atoms with E-state index in [4.69, 9.17) is 5.11 Å². The SMILES string of the molecule is OCC1CC2CCC(C1)N2. The van der Waals surface area contributed by atoms with Crippen LogP contribution in [-0.2, 0) is 0 Å². The second-order valence-corrected chi connectivity index (χ2v) is 3.66. The van der Waals surface area contributed by atoms with Crippen LogP contribution in [0.2, 0.25) is 0 Å². The average molecular weight is 141 g/mol. The van der Waals surface area contributed by atoms with Crippen LogP contribution in [0.25, 0.3) is 0 Å². The summed E-state index contributed by atoms with van der Waals surface area (Å²) in [5.74, 6) is 0.596. The number of rotatable bonds is 1. The highest BCUT2D eigenvalue weighted by Gasteiger charge is 2.32. The summed E-state index contributed by atoms with van der Waals surface area (Å²) in [5, 5.41) is 12.5. The molecule has 10 heavy (non-hydrogen) atoms. The van der Waals surface area contributed by atoms with Crippen molar-refractivity contribution in [3.63, 3.8) is 0 Å². The lowest BCUT2D eigenvalue weighted by atomic mass is 9.93. The molecule has 2 bridgehead atoms. The third-order valence-electron chi connectivity index (χ3n) is 2.83. The molecule has 0 aromatic heterocycles. The van der Waals surface area contributed by atoms with Crippen LogP contribution in [0.5, 0.6) is 0 Å². The summed E-state index contributed by atoms with van der Waals surface area (Å²) in [6.07, 6.45) is 5.07. The van der Waals surface area contributed by atoms with Gasteiger partial charge in [0.05, 0.1) is 0 Å². The number of hydrogen-bond acceptors (Lipinski definition) is 2. The van der Waals surface area contributed by atoms with Gasteiger partial charge < -0.3 is 10.4 Å². The van der Waals surface area contributed by atoms with E-state index in [2.05, 4.69) is 5.32 Å². The smallest absolute Gasteiger partial charge is 0.0460 e. The van der Waals surface area contributed by atoms with Crippen molar-refractivity contribution < 1.29 is 5.11 Å². The van der Waals surface area contributed by atoms with Gasteiger partial charge in [0.1, 0.15) is 0 Å². The fraction of sp³-hybridized carbons (Fsp3) is 1.00. The Bertz CT molecular complexity index is 114. The maximum absolute atomic E-state index is 8.93. The summed E-state index contributed by atoms with van der Waals surface area (Å²) in [6, 6.07) is 1.46. The zero-order chi connectivity index (χ0) is 6.97. The number of fused-ring (bicyclic) bond motifs is 2. The van der Waals surface area contributed by atoms with Crippen LogP contribution in [0, 0.1) is 5.92 Å². The molecule has 0 amide bonds. The summed E-state index contributed by atoms with van der Waals surface area (Å²) >= 11 is 0. The lowest BCUT2D eigenvalue weighted by molar-refractivity contribution is 0.174. The van der Waals surface area contributed by atoms with Gasteiger partial charge in [0.25, 0.3) is 0 Å². The first-order chi connectivity index (χ1) is 4.88. The van der Waals surface area contributed by atoms with Crippen molar-refractivity contribution in [1.29, 1.82) is 0 Å². The molecule has 2 unspecified atom stereocenters. The van der Waals surface area contributed by atoms with Gasteiger partial charge in [0, 0.05) is 18.7 Å². The van der Waals surface area contributed by atoms with Crippen molar-refractivity contribution in [2.24, 2.45) is 5.92 Å². The molecule has 0 aliphatic carbocycles. The summed E-state index contributed by atoms with van der Waals surface area (Å²) in [4.78, 5) is 0. The van der Waals surface area contributed by atoms with Crippen LogP contribution in [0.4, 0.5) is 0 Å². The molecule has 0 aromatic carbocycles. The fourth-order valence-electron chi connectivity index (χ4n) is 2.32. The molecular formula is C8H15NO. The predicted molar refractivity (Wildman–Crippen MR) is 39.8 cm³/mol. The Kier molecular flexibility index (Phi) is 1.66. The predicted octanol–water partition coefficient (Wildman–Crippen LogP) is 0.509. The molecule has 2 heterocycles. The van der Waals surface area contributed by atoms with Gasteiger partial charge in [0.2, 0.25) is 0 Å². The molecular weight excluding hydrogens is 126 g/mol. The number of hydrogen-bond donors (Lipinski definition) is 2. The van der Waals surface area contributed by atoms with Crippen molar-refractivity contribution in [1.82, 2.24) is 5.32 Å². The summed E-state index contributed by atoms with van der Waals surface area (Å²) < 4.78 is 0. The molecule has 0 aromatic rings. The molecule has 2 N–H and O–H groups in total. The van der Waals surface area contributed by atoms with E-state index >= 15 is 0 Å². The topological polar surface area (TPSA) is 32.3 Å². The second kappa shape index (κ2) is 2.51. The Balaban J connectivity index is 1.96. The fourth-order valence-corrected chi connectivity index (χ4v) is 2.32. The Hall–Kier alpha value is -0.0800. The summed E-state index contributed by atoms with van der Waals surface area (Å²) in [5.41, 5.74) is 0. The quantitative estimate of drug-likeness (QED) is 0.557. The minimum Gasteiger partial charge on any atom is -0.396 e. The van der Waals surface area contributed by atoms with Crippen LogP contribution in [0.3, 0.4) is 0 Å². The molecule has 2 aliphatic rings. The molecule has 2 aliphatic heterocycles. The minimum absolute atomic E-state index is 0.398. The van der Waals surface area contributed by atoms with Crippen LogP contribution >= 0.6 is 0 Å². The third-order valence-corrected chi connectivity index (χ3v) is 2.83. The van der Waals surface area contributed by atoms with Gasteiger partial charge in [-0.1, -0.05) is 0 Å². The van der Waals surface area contributed by atoms with Gasteiger partial charge in [0.15, 0.2) is 0 Å². The van der Waals surface area contributed by atoms with E-state index in [1.807, 2.05) is 0 Å². The molecule has 2 rings (SSSR count). The largest absolute Gasteiger partial charge is 0.396 e. The van der Waals surface area contributed by atoms with Gasteiger partial charge >= 0.3 is 0 Å². The van der Waals surface area contributed by atoms with E-state index in [1.54, 1.807) is 0 Å². The van der Waals surface area contributed by atoms with Gasteiger partial charge in [-0.05, 0) is 31.6 Å². The maximum Gasteiger partial charge on any atom is 0.0460 e. The van der Waals surface area contributed by atoms with E-state index < -0.39 is 0 Å². The normalized spacial score (nSPS) is 45.9. The molecule has 2 heteroatoms. The van der Waals surface area contributed by atoms with Crippen LogP contribution < -0.4 is 5.32 Å². The third kappa shape index (κ3) is 1.06. The van der Waals surface area contributed by atoms with Gasteiger partial charge in [-0.15, -0.1) is 0 Å².